The summed E-state index contributed by atoms with van der Waals surface area (Å²) in [6.07, 6.45) is 9.71. The van der Waals surface area contributed by atoms with Gasteiger partial charge in [-0.3, -0.25) is 4.79 Å². The lowest BCUT2D eigenvalue weighted by Crippen LogP contribution is -2.56. The van der Waals surface area contributed by atoms with Crippen molar-refractivity contribution in [3.8, 4) is 23.3 Å². The lowest BCUT2D eigenvalue weighted by molar-refractivity contribution is -0.144. The van der Waals surface area contributed by atoms with E-state index < -0.39 is 5.60 Å². The van der Waals surface area contributed by atoms with Crippen LogP contribution in [0.1, 0.15) is 84.1 Å². The third-order valence-corrected chi connectivity index (χ3v) is 11.0. The second-order valence-electron chi connectivity index (χ2n) is 12.5. The van der Waals surface area contributed by atoms with Crippen molar-refractivity contribution in [3.63, 3.8) is 0 Å². The van der Waals surface area contributed by atoms with Gasteiger partial charge in [0.15, 0.2) is 11.5 Å². The molecule has 8 atom stereocenters. The molecular formula is C31H42O4. The maximum atomic E-state index is 12.4. The Labute approximate surface area is 211 Å². The molecule has 190 valence electrons. The van der Waals surface area contributed by atoms with Crippen molar-refractivity contribution in [2.24, 2.45) is 40.4 Å². The van der Waals surface area contributed by atoms with E-state index in [1.165, 1.54) is 32.1 Å². The first-order valence-electron chi connectivity index (χ1n) is 13.6. The van der Waals surface area contributed by atoms with E-state index in [1.807, 2.05) is 25.1 Å². The number of benzene rings is 1. The molecule has 0 amide bonds. The number of ketones is 1. The molecule has 35 heavy (non-hydrogen) atoms. The summed E-state index contributed by atoms with van der Waals surface area (Å²) in [6.45, 7) is 6.74. The van der Waals surface area contributed by atoms with Crippen molar-refractivity contribution < 1.29 is 19.4 Å². The van der Waals surface area contributed by atoms with Gasteiger partial charge in [-0.25, -0.2) is 0 Å². The Morgan fingerprint density at radius 2 is 1.69 bits per heavy atom. The molecule has 0 saturated heterocycles. The first kappa shape index (κ1) is 24.7. The standard InChI is InChI=1S/C31H42O4/c1-20(32)24-9-10-25-23-8-7-22-19-31(33,15-12-21-6-11-27(34-4)28(18-21)35-5)17-16-29(22,2)26(23)13-14-30(24,25)3/h6,11,18,22-26,33H,7-10,13-14,16-17,19H2,1-5H3/t22-,23+,24-,25+,26+,29+,30-,31+/m1/s1. The van der Waals surface area contributed by atoms with Crippen molar-refractivity contribution in [1.82, 2.24) is 0 Å². The molecule has 4 aliphatic rings. The van der Waals surface area contributed by atoms with E-state index >= 15 is 0 Å². The van der Waals surface area contributed by atoms with Gasteiger partial charge in [0.1, 0.15) is 11.4 Å². The Bertz CT molecular complexity index is 1050. The van der Waals surface area contributed by atoms with Crippen LogP contribution in [0.2, 0.25) is 0 Å². The van der Waals surface area contributed by atoms with E-state index in [9.17, 15) is 9.90 Å². The van der Waals surface area contributed by atoms with Crippen molar-refractivity contribution in [2.45, 2.75) is 84.2 Å². The lowest BCUT2D eigenvalue weighted by atomic mass is 9.44. The molecule has 0 spiro atoms. The summed E-state index contributed by atoms with van der Waals surface area (Å²) in [6, 6.07) is 5.66. The van der Waals surface area contributed by atoms with Gasteiger partial charge < -0.3 is 14.6 Å². The van der Waals surface area contributed by atoms with E-state index in [1.54, 1.807) is 14.2 Å². The fraction of sp³-hybridized carbons (Fsp3) is 0.710. The zero-order valence-corrected chi connectivity index (χ0v) is 22.2. The molecule has 4 heteroatoms. The van der Waals surface area contributed by atoms with Gasteiger partial charge in [0.05, 0.1) is 14.2 Å². The van der Waals surface area contributed by atoms with Gasteiger partial charge in [0.2, 0.25) is 0 Å². The molecule has 5 rings (SSSR count). The van der Waals surface area contributed by atoms with Crippen LogP contribution in [-0.4, -0.2) is 30.7 Å². The van der Waals surface area contributed by atoms with Crippen LogP contribution in [0.25, 0.3) is 0 Å². The Kier molecular flexibility index (Phi) is 6.24. The number of ether oxygens (including phenoxy) is 2. The van der Waals surface area contributed by atoms with E-state index in [2.05, 4.69) is 25.7 Å². The van der Waals surface area contributed by atoms with Crippen molar-refractivity contribution in [3.05, 3.63) is 23.8 Å². The van der Waals surface area contributed by atoms with Gasteiger partial charge in [0.25, 0.3) is 0 Å². The molecular weight excluding hydrogens is 436 g/mol. The fourth-order valence-corrected chi connectivity index (χ4v) is 9.13. The SMILES string of the molecule is COc1ccc(C#C[C@]2(O)CC[C@@]3(C)[C@H](CC[C@@H]4[C@@H]3CC[C@]3(C)[C@@H](C(C)=O)CC[C@@H]43)C2)cc1OC. The van der Waals surface area contributed by atoms with Gasteiger partial charge >= 0.3 is 0 Å². The topological polar surface area (TPSA) is 55.8 Å². The van der Waals surface area contributed by atoms with Crippen LogP contribution in [0.5, 0.6) is 11.5 Å². The minimum atomic E-state index is -0.930. The lowest BCUT2D eigenvalue weighted by Gasteiger charge is -2.61. The highest BCUT2D eigenvalue weighted by molar-refractivity contribution is 5.79. The average molecular weight is 479 g/mol. The number of Topliss-reactive ketones (excluding diaryl/α,β-unsaturated/α-hetero) is 1. The van der Waals surface area contributed by atoms with Crippen LogP contribution in [-0.2, 0) is 4.79 Å². The van der Waals surface area contributed by atoms with E-state index in [0.717, 1.165) is 37.2 Å². The van der Waals surface area contributed by atoms with Crippen LogP contribution >= 0.6 is 0 Å². The highest BCUT2D eigenvalue weighted by Crippen LogP contribution is 2.68. The summed E-state index contributed by atoms with van der Waals surface area (Å²) >= 11 is 0. The van der Waals surface area contributed by atoms with Gasteiger partial charge in [-0.1, -0.05) is 25.7 Å². The summed E-state index contributed by atoms with van der Waals surface area (Å²) in [4.78, 5) is 12.4. The van der Waals surface area contributed by atoms with E-state index in [0.29, 0.717) is 35.0 Å². The molecule has 4 aliphatic carbocycles. The molecule has 0 unspecified atom stereocenters. The Hall–Kier alpha value is -1.99. The maximum absolute atomic E-state index is 12.4. The molecule has 1 N–H and O–H groups in total. The van der Waals surface area contributed by atoms with Gasteiger partial charge in [0, 0.05) is 11.5 Å². The van der Waals surface area contributed by atoms with Gasteiger partial charge in [-0.15, -0.1) is 0 Å². The van der Waals surface area contributed by atoms with Crippen molar-refractivity contribution in [2.75, 3.05) is 14.2 Å². The highest BCUT2D eigenvalue weighted by atomic mass is 16.5. The third kappa shape index (κ3) is 3.99. The van der Waals surface area contributed by atoms with Crippen molar-refractivity contribution >= 4 is 5.78 Å². The van der Waals surface area contributed by atoms with E-state index in [4.69, 9.17) is 9.47 Å². The predicted molar refractivity (Wildman–Crippen MR) is 137 cm³/mol. The highest BCUT2D eigenvalue weighted by Gasteiger charge is 2.61. The quantitative estimate of drug-likeness (QED) is 0.539. The smallest absolute Gasteiger partial charge is 0.161 e. The Balaban J connectivity index is 1.33. The third-order valence-electron chi connectivity index (χ3n) is 11.0. The molecule has 1 aromatic carbocycles. The molecule has 0 aliphatic heterocycles. The van der Waals surface area contributed by atoms with E-state index in [-0.39, 0.29) is 16.7 Å². The maximum Gasteiger partial charge on any atom is 0.161 e. The molecule has 0 bridgehead atoms. The van der Waals surface area contributed by atoms with Crippen LogP contribution < -0.4 is 9.47 Å². The normalized spacial score (nSPS) is 42.1. The largest absolute Gasteiger partial charge is 0.493 e. The molecule has 1 aromatic rings. The zero-order chi connectivity index (χ0) is 25.0. The number of aliphatic hydroxyl groups is 1. The second-order valence-corrected chi connectivity index (χ2v) is 12.5. The van der Waals surface area contributed by atoms with Crippen LogP contribution in [0, 0.1) is 52.3 Å². The van der Waals surface area contributed by atoms with Gasteiger partial charge in [-0.05, 0) is 117 Å². The first-order chi connectivity index (χ1) is 16.6. The Morgan fingerprint density at radius 3 is 2.40 bits per heavy atom. The molecule has 4 fully saturated rings. The summed E-state index contributed by atoms with van der Waals surface area (Å²) in [7, 11) is 3.25. The summed E-state index contributed by atoms with van der Waals surface area (Å²) in [5.74, 6) is 11.2. The second kappa shape index (κ2) is 8.84. The Morgan fingerprint density at radius 1 is 0.943 bits per heavy atom. The molecule has 4 saturated carbocycles. The minimum Gasteiger partial charge on any atom is -0.493 e. The number of hydrogen-bond acceptors (Lipinski definition) is 4. The predicted octanol–water partition coefficient (Wildman–Crippen LogP) is 6.03. The molecule has 4 nitrogen and oxygen atoms in total. The number of fused-ring (bicyclic) bond motifs is 5. The monoisotopic (exact) mass is 478 g/mol. The molecule has 0 aromatic heterocycles. The van der Waals surface area contributed by atoms with Crippen LogP contribution in [0.3, 0.4) is 0 Å². The fourth-order valence-electron chi connectivity index (χ4n) is 9.13. The summed E-state index contributed by atoms with van der Waals surface area (Å²) in [5, 5.41) is 11.5. The molecule has 0 heterocycles. The number of hydrogen-bond donors (Lipinski definition) is 1. The minimum absolute atomic E-state index is 0.205. The molecule has 0 radical (unpaired) electrons. The summed E-state index contributed by atoms with van der Waals surface area (Å²) < 4.78 is 10.7. The number of methoxy groups -OCH3 is 2. The number of rotatable bonds is 3. The first-order valence-corrected chi connectivity index (χ1v) is 13.6. The summed E-state index contributed by atoms with van der Waals surface area (Å²) in [5.41, 5.74) is 0.383. The average Bonchev–Trinajstić information content (AvgIpc) is 3.21. The van der Waals surface area contributed by atoms with Crippen molar-refractivity contribution in [1.29, 1.82) is 0 Å². The van der Waals surface area contributed by atoms with Crippen LogP contribution in [0.4, 0.5) is 0 Å². The van der Waals surface area contributed by atoms with Gasteiger partial charge in [-0.2, -0.15) is 0 Å². The van der Waals surface area contributed by atoms with Crippen LogP contribution in [0.15, 0.2) is 18.2 Å². The number of carbonyl (C=O) groups is 1. The number of carbonyl (C=O) groups excluding carboxylic acids is 1. The zero-order valence-electron chi connectivity index (χ0n) is 22.2.